The minimum Gasteiger partial charge on any atom is -0.481 e. The van der Waals surface area contributed by atoms with Gasteiger partial charge in [0.2, 0.25) is 0 Å². The Morgan fingerprint density at radius 3 is 2.83 bits per heavy atom. The van der Waals surface area contributed by atoms with E-state index in [1.807, 2.05) is 0 Å². The van der Waals surface area contributed by atoms with Crippen LogP contribution < -0.4 is 5.32 Å². The zero-order chi connectivity index (χ0) is 17.7. The second kappa shape index (κ2) is 8.14. The maximum absolute atomic E-state index is 12.4. The molecule has 1 aromatic carbocycles. The van der Waals surface area contributed by atoms with E-state index in [0.29, 0.717) is 29.5 Å². The fourth-order valence-corrected chi connectivity index (χ4v) is 2.92. The molecule has 0 saturated carbocycles. The second-order valence-corrected chi connectivity index (χ2v) is 6.38. The monoisotopic (exact) mass is 398 g/mol. The molecule has 0 bridgehead atoms. The first kappa shape index (κ1) is 18.3. The number of hydrogen-bond acceptors (Lipinski definition) is 4. The third-order valence-corrected chi connectivity index (χ3v) is 4.27. The molecule has 0 aliphatic carbocycles. The molecule has 1 fully saturated rings. The largest absolute Gasteiger partial charge is 0.481 e. The van der Waals surface area contributed by atoms with Crippen LogP contribution in [0.15, 0.2) is 22.7 Å². The summed E-state index contributed by atoms with van der Waals surface area (Å²) in [5.41, 5.74) is 0.575. The van der Waals surface area contributed by atoms with Gasteiger partial charge in [0.25, 0.3) is 0 Å². The predicted octanol–water partition coefficient (Wildman–Crippen LogP) is 2.95. The van der Waals surface area contributed by atoms with Crippen LogP contribution in [0, 0.1) is 5.92 Å². The Morgan fingerprint density at radius 2 is 2.17 bits per heavy atom. The fourth-order valence-electron chi connectivity index (χ4n) is 2.56. The number of carbonyl (C=O) groups excluding carboxylic acids is 2. The van der Waals surface area contributed by atoms with Gasteiger partial charge >= 0.3 is 18.0 Å². The number of carboxylic acids is 1. The first-order chi connectivity index (χ1) is 11.4. The number of carbonyl (C=O) groups is 3. The van der Waals surface area contributed by atoms with E-state index in [0.717, 1.165) is 0 Å². The molecule has 2 rings (SSSR count). The molecule has 7 nitrogen and oxygen atoms in total. The van der Waals surface area contributed by atoms with Crippen molar-refractivity contribution in [1.29, 1.82) is 0 Å². The lowest BCUT2D eigenvalue weighted by Crippen LogP contribution is -2.44. The van der Waals surface area contributed by atoms with Crippen molar-refractivity contribution in [2.24, 2.45) is 5.92 Å². The maximum Gasteiger partial charge on any atom is 0.340 e. The Kier molecular flexibility index (Phi) is 6.19. The van der Waals surface area contributed by atoms with Crippen LogP contribution in [0.2, 0.25) is 0 Å². The lowest BCUT2D eigenvalue weighted by Gasteiger charge is -2.30. The van der Waals surface area contributed by atoms with Gasteiger partial charge in [0.1, 0.15) is 0 Å². The summed E-state index contributed by atoms with van der Waals surface area (Å²) in [5.74, 6) is -1.99. The quantitative estimate of drug-likeness (QED) is 0.759. The summed E-state index contributed by atoms with van der Waals surface area (Å²) >= 11 is 3.29. The topological polar surface area (TPSA) is 95.9 Å². The third-order valence-electron chi connectivity index (χ3n) is 3.78. The number of halogens is 1. The summed E-state index contributed by atoms with van der Waals surface area (Å²) in [5, 5.41) is 11.8. The van der Waals surface area contributed by atoms with Gasteiger partial charge in [0.05, 0.1) is 23.8 Å². The van der Waals surface area contributed by atoms with E-state index < -0.39 is 23.9 Å². The zero-order valence-electron chi connectivity index (χ0n) is 13.3. The zero-order valence-corrected chi connectivity index (χ0v) is 14.8. The summed E-state index contributed by atoms with van der Waals surface area (Å²) in [4.78, 5) is 37.0. The van der Waals surface area contributed by atoms with E-state index in [9.17, 15) is 14.4 Å². The maximum atomic E-state index is 12.4. The lowest BCUT2D eigenvalue weighted by atomic mass is 9.99. The van der Waals surface area contributed by atoms with Crippen LogP contribution in [0.5, 0.6) is 0 Å². The second-order valence-electron chi connectivity index (χ2n) is 5.46. The van der Waals surface area contributed by atoms with E-state index in [4.69, 9.17) is 9.84 Å². The first-order valence-electron chi connectivity index (χ1n) is 7.67. The van der Waals surface area contributed by atoms with Crippen molar-refractivity contribution in [2.75, 3.05) is 25.0 Å². The highest BCUT2D eigenvalue weighted by Gasteiger charge is 2.28. The third kappa shape index (κ3) is 4.47. The van der Waals surface area contributed by atoms with Gasteiger partial charge in [0, 0.05) is 17.6 Å². The normalized spacial score (nSPS) is 17.2. The Morgan fingerprint density at radius 1 is 1.42 bits per heavy atom. The van der Waals surface area contributed by atoms with E-state index in [1.165, 1.54) is 4.90 Å². The number of urea groups is 1. The fraction of sp³-hybridized carbons (Fsp3) is 0.438. The molecule has 1 unspecified atom stereocenters. The predicted molar refractivity (Wildman–Crippen MR) is 91.1 cm³/mol. The number of esters is 1. The molecule has 0 radical (unpaired) electrons. The molecule has 0 aromatic heterocycles. The molecule has 1 aliphatic heterocycles. The van der Waals surface area contributed by atoms with Crippen molar-refractivity contribution in [3.63, 3.8) is 0 Å². The summed E-state index contributed by atoms with van der Waals surface area (Å²) in [6.07, 6.45) is 1.20. The number of hydrogen-bond donors (Lipinski definition) is 2. The number of piperidine rings is 1. The van der Waals surface area contributed by atoms with Gasteiger partial charge in [-0.1, -0.05) is 15.9 Å². The minimum absolute atomic E-state index is 0.159. The van der Waals surface area contributed by atoms with Crippen molar-refractivity contribution >= 4 is 39.6 Å². The highest BCUT2D eigenvalue weighted by molar-refractivity contribution is 9.10. The van der Waals surface area contributed by atoms with Crippen molar-refractivity contribution in [1.82, 2.24) is 4.90 Å². The number of rotatable bonds is 4. The molecular weight excluding hydrogens is 380 g/mol. The molecule has 1 aromatic rings. The van der Waals surface area contributed by atoms with Crippen LogP contribution in [0.3, 0.4) is 0 Å². The Bertz CT molecular complexity index is 649. The number of benzene rings is 1. The van der Waals surface area contributed by atoms with Crippen LogP contribution in [0.4, 0.5) is 10.5 Å². The summed E-state index contributed by atoms with van der Waals surface area (Å²) in [6, 6.07) is 4.46. The summed E-state index contributed by atoms with van der Waals surface area (Å²) in [6.45, 7) is 2.58. The average molecular weight is 399 g/mol. The standard InChI is InChI=1S/C16H19BrN2O5/c1-2-24-15(22)12-8-11(17)5-6-13(12)18-16(23)19-7-3-4-10(9-19)14(20)21/h5-6,8,10H,2-4,7,9H2,1H3,(H,18,23)(H,20,21). The van der Waals surface area contributed by atoms with Gasteiger partial charge in [-0.25, -0.2) is 9.59 Å². The van der Waals surface area contributed by atoms with Crippen molar-refractivity contribution in [3.05, 3.63) is 28.2 Å². The molecule has 0 spiro atoms. The molecule has 1 saturated heterocycles. The number of nitrogens with zero attached hydrogens (tertiary/aromatic N) is 1. The van der Waals surface area contributed by atoms with Gasteiger partial charge < -0.3 is 20.1 Å². The molecule has 1 heterocycles. The Hall–Kier alpha value is -2.09. The van der Waals surface area contributed by atoms with Crippen LogP contribution >= 0.6 is 15.9 Å². The number of ether oxygens (including phenoxy) is 1. The number of likely N-dealkylation sites (tertiary alicyclic amines) is 1. The van der Waals surface area contributed by atoms with E-state index >= 15 is 0 Å². The molecule has 2 amide bonds. The number of aliphatic carboxylic acids is 1. The Labute approximate surface area is 148 Å². The molecule has 1 atom stereocenters. The van der Waals surface area contributed by atoms with E-state index in [1.54, 1.807) is 25.1 Å². The van der Waals surface area contributed by atoms with Crippen molar-refractivity contribution in [2.45, 2.75) is 19.8 Å². The minimum atomic E-state index is -0.900. The highest BCUT2D eigenvalue weighted by Crippen LogP contribution is 2.23. The van der Waals surface area contributed by atoms with E-state index in [-0.39, 0.29) is 18.7 Å². The first-order valence-corrected chi connectivity index (χ1v) is 8.47. The van der Waals surface area contributed by atoms with Crippen molar-refractivity contribution in [3.8, 4) is 0 Å². The van der Waals surface area contributed by atoms with Crippen LogP contribution in [-0.2, 0) is 9.53 Å². The SMILES string of the molecule is CCOC(=O)c1cc(Br)ccc1NC(=O)N1CCCC(C(=O)O)C1. The van der Waals surface area contributed by atoms with Crippen LogP contribution in [0.1, 0.15) is 30.1 Å². The molecule has 1 aliphatic rings. The molecule has 130 valence electrons. The van der Waals surface area contributed by atoms with Gasteiger partial charge in [-0.3, -0.25) is 4.79 Å². The molecule has 24 heavy (non-hydrogen) atoms. The smallest absolute Gasteiger partial charge is 0.340 e. The van der Waals surface area contributed by atoms with Gasteiger partial charge in [-0.15, -0.1) is 0 Å². The number of anilines is 1. The highest BCUT2D eigenvalue weighted by atomic mass is 79.9. The molecule has 8 heteroatoms. The van der Waals surface area contributed by atoms with E-state index in [2.05, 4.69) is 21.2 Å². The lowest BCUT2D eigenvalue weighted by molar-refractivity contribution is -0.143. The number of amides is 2. The number of carboxylic acid groups (broad SMARTS) is 1. The number of nitrogens with one attached hydrogen (secondary N) is 1. The van der Waals surface area contributed by atoms with Gasteiger partial charge in [-0.05, 0) is 38.0 Å². The van der Waals surface area contributed by atoms with Crippen LogP contribution in [-0.4, -0.2) is 47.7 Å². The molecular formula is C16H19BrN2O5. The van der Waals surface area contributed by atoms with Gasteiger partial charge in [0.15, 0.2) is 0 Å². The summed E-state index contributed by atoms with van der Waals surface area (Å²) < 4.78 is 5.68. The Balaban J connectivity index is 2.14. The average Bonchev–Trinajstić information content (AvgIpc) is 2.56. The van der Waals surface area contributed by atoms with Gasteiger partial charge in [-0.2, -0.15) is 0 Å². The van der Waals surface area contributed by atoms with Crippen LogP contribution in [0.25, 0.3) is 0 Å². The van der Waals surface area contributed by atoms with Crippen molar-refractivity contribution < 1.29 is 24.2 Å². The molecule has 2 N–H and O–H groups in total. The summed E-state index contributed by atoms with van der Waals surface area (Å²) in [7, 11) is 0.